The van der Waals surface area contributed by atoms with E-state index in [0.29, 0.717) is 60.0 Å². The lowest BCUT2D eigenvalue weighted by Gasteiger charge is -2.62. The van der Waals surface area contributed by atoms with Gasteiger partial charge >= 0.3 is 18.2 Å². The Morgan fingerprint density at radius 3 is 2.44 bits per heavy atom. The summed E-state index contributed by atoms with van der Waals surface area (Å²) in [5, 5.41) is 17.7. The first-order chi connectivity index (χ1) is 22.8. The van der Waals surface area contributed by atoms with Crippen LogP contribution in [0.3, 0.4) is 0 Å². The van der Waals surface area contributed by atoms with Crippen molar-refractivity contribution in [2.45, 2.75) is 123 Å². The van der Waals surface area contributed by atoms with Gasteiger partial charge in [-0.25, -0.2) is 9.59 Å². The van der Waals surface area contributed by atoms with Crippen LogP contribution in [0.15, 0.2) is 30.3 Å². The monoisotopic (exact) mass is 668 g/mol. The van der Waals surface area contributed by atoms with Crippen molar-refractivity contribution < 1.29 is 33.7 Å². The molecule has 0 spiro atoms. The summed E-state index contributed by atoms with van der Waals surface area (Å²) in [4.78, 5) is 37.4. The van der Waals surface area contributed by atoms with Crippen LogP contribution in [0.2, 0.25) is 0 Å². The Morgan fingerprint density at radius 2 is 1.73 bits per heavy atom. The predicted octanol–water partition coefficient (Wildman–Crippen LogP) is 7.96. The Balaban J connectivity index is 1.14. The van der Waals surface area contributed by atoms with Gasteiger partial charge in [-0.05, 0) is 129 Å². The van der Waals surface area contributed by atoms with Crippen LogP contribution in [0.5, 0.6) is 0 Å². The maximum Gasteiger partial charge on any atom is 0.508 e. The highest BCUT2D eigenvalue weighted by atomic mass is 16.7. The van der Waals surface area contributed by atoms with Crippen LogP contribution >= 0.6 is 0 Å². The fraction of sp³-hybridized carbons (Fsp3) is 0.769. The standard InChI is InChI=1S/C39H60N2O7/c1-24(2)20-28(41-36(44)40-27-10-8-7-9-11-27)23-47-37(45)48-29-18-19-38(4)26(21-29)13-14-30-32-16-15-31(25(3)12-17-35(43)46-6)39(32,5)34(42)22-33(30)38/h7-11,24-26,28-34,42H,12-23H2,1-6H3,(H2,40,41,44)/t25-,26+,28+,29+,30+,31-,32+,33+,34-,38+,39-/m1/s1. The molecule has 9 nitrogen and oxygen atoms in total. The third-order valence-electron chi connectivity index (χ3n) is 13.3. The predicted molar refractivity (Wildman–Crippen MR) is 185 cm³/mol. The maximum atomic E-state index is 12.9. The number of carbonyl (C=O) groups excluding carboxylic acids is 3. The molecule has 4 saturated carbocycles. The Bertz CT molecular complexity index is 1260. The molecule has 0 bridgehead atoms. The fourth-order valence-corrected chi connectivity index (χ4v) is 10.8. The molecule has 1 aromatic carbocycles. The van der Waals surface area contributed by atoms with E-state index in [1.807, 2.05) is 30.3 Å². The number of nitrogens with one attached hydrogen (secondary N) is 2. The first-order valence-corrected chi connectivity index (χ1v) is 18.6. The SMILES string of the molecule is COC(=O)CC[C@@H](C)[C@H]1CC[C@H]2[C@@H]3CC[C@H]4C[C@@H](OC(=O)OC[C@H](CC(C)C)NC(=O)Nc5ccccc5)CC[C@]4(C)[C@H]3C[C@@H](O)[C@]12C. The summed E-state index contributed by atoms with van der Waals surface area (Å²) in [6.07, 6.45) is 8.69. The van der Waals surface area contributed by atoms with E-state index in [1.54, 1.807) is 0 Å². The van der Waals surface area contributed by atoms with Crippen molar-refractivity contribution in [3.63, 3.8) is 0 Å². The normalized spacial score (nSPS) is 35.3. The Hall–Kier alpha value is -2.81. The van der Waals surface area contributed by atoms with Crippen LogP contribution in [0.1, 0.15) is 105 Å². The van der Waals surface area contributed by atoms with E-state index in [4.69, 9.17) is 14.2 Å². The van der Waals surface area contributed by atoms with E-state index in [9.17, 15) is 19.5 Å². The molecular formula is C39H60N2O7. The van der Waals surface area contributed by atoms with Crippen molar-refractivity contribution in [2.75, 3.05) is 19.0 Å². The summed E-state index contributed by atoms with van der Waals surface area (Å²) in [6.45, 7) is 11.2. The summed E-state index contributed by atoms with van der Waals surface area (Å²) in [5.74, 6) is 2.94. The molecule has 11 atom stereocenters. The first kappa shape index (κ1) is 36.5. The minimum absolute atomic E-state index is 0.0528. The quantitative estimate of drug-likeness (QED) is 0.205. The summed E-state index contributed by atoms with van der Waals surface area (Å²) in [6, 6.07) is 8.58. The second kappa shape index (κ2) is 15.4. The summed E-state index contributed by atoms with van der Waals surface area (Å²) in [7, 11) is 1.45. The van der Waals surface area contributed by atoms with Gasteiger partial charge < -0.3 is 30.0 Å². The molecule has 0 heterocycles. The third kappa shape index (κ3) is 7.81. The third-order valence-corrected chi connectivity index (χ3v) is 13.3. The number of hydrogen-bond donors (Lipinski definition) is 3. The van der Waals surface area contributed by atoms with Gasteiger partial charge in [0.25, 0.3) is 0 Å². The highest BCUT2D eigenvalue weighted by Crippen LogP contribution is 2.68. The molecule has 0 radical (unpaired) electrons. The van der Waals surface area contributed by atoms with Crippen molar-refractivity contribution >= 4 is 23.8 Å². The number of anilines is 1. The fourth-order valence-electron chi connectivity index (χ4n) is 10.8. The summed E-state index contributed by atoms with van der Waals surface area (Å²) < 4.78 is 16.4. The van der Waals surface area contributed by atoms with E-state index in [-0.39, 0.29) is 47.7 Å². The zero-order valence-electron chi connectivity index (χ0n) is 30.0. The topological polar surface area (TPSA) is 123 Å². The number of fused-ring (bicyclic) bond motifs is 5. The van der Waals surface area contributed by atoms with Crippen LogP contribution < -0.4 is 10.6 Å². The lowest BCUT2D eigenvalue weighted by atomic mass is 9.43. The number of carbonyl (C=O) groups is 3. The van der Waals surface area contributed by atoms with Gasteiger partial charge in [-0.1, -0.05) is 52.8 Å². The lowest BCUT2D eigenvalue weighted by molar-refractivity contribution is -0.176. The minimum atomic E-state index is -0.668. The Morgan fingerprint density at radius 1 is 0.979 bits per heavy atom. The number of methoxy groups -OCH3 is 1. The number of ether oxygens (including phenoxy) is 3. The first-order valence-electron chi connectivity index (χ1n) is 18.6. The van der Waals surface area contributed by atoms with Gasteiger partial charge in [-0.2, -0.15) is 0 Å². The highest BCUT2D eigenvalue weighted by Gasteiger charge is 2.63. The molecule has 48 heavy (non-hydrogen) atoms. The van der Waals surface area contributed by atoms with Crippen molar-refractivity contribution in [1.29, 1.82) is 0 Å². The van der Waals surface area contributed by atoms with E-state index in [2.05, 4.69) is 45.3 Å². The lowest BCUT2D eigenvalue weighted by Crippen LogP contribution is -2.59. The molecule has 3 N–H and O–H groups in total. The number of hydrogen-bond acceptors (Lipinski definition) is 7. The number of aliphatic hydroxyl groups excluding tert-OH is 1. The molecule has 0 unspecified atom stereocenters. The van der Waals surface area contributed by atoms with Gasteiger partial charge in [0.15, 0.2) is 0 Å². The smallest absolute Gasteiger partial charge is 0.469 e. The van der Waals surface area contributed by atoms with E-state index >= 15 is 0 Å². The molecule has 0 saturated heterocycles. The van der Waals surface area contributed by atoms with E-state index in [1.165, 1.54) is 7.11 Å². The number of benzene rings is 1. The van der Waals surface area contributed by atoms with Gasteiger partial charge in [-0.3, -0.25) is 4.79 Å². The second-order valence-electron chi connectivity index (χ2n) is 16.4. The molecule has 0 aromatic heterocycles. The van der Waals surface area contributed by atoms with Crippen LogP contribution in [0, 0.1) is 52.3 Å². The van der Waals surface area contributed by atoms with Gasteiger partial charge in [0.2, 0.25) is 0 Å². The molecule has 268 valence electrons. The number of amides is 2. The zero-order valence-corrected chi connectivity index (χ0v) is 30.0. The number of para-hydroxylation sites is 1. The number of aliphatic hydroxyl groups is 1. The van der Waals surface area contributed by atoms with Crippen LogP contribution in [-0.2, 0) is 19.0 Å². The van der Waals surface area contributed by atoms with E-state index < -0.39 is 6.16 Å². The van der Waals surface area contributed by atoms with Crippen LogP contribution in [-0.4, -0.2) is 55.2 Å². The summed E-state index contributed by atoms with van der Waals surface area (Å²) in [5.41, 5.74) is 0.694. The number of esters is 1. The Labute approximate surface area is 287 Å². The largest absolute Gasteiger partial charge is 0.508 e. The average Bonchev–Trinajstić information content (AvgIpc) is 3.42. The van der Waals surface area contributed by atoms with Crippen LogP contribution in [0.25, 0.3) is 0 Å². The molecule has 4 aliphatic carbocycles. The van der Waals surface area contributed by atoms with Crippen molar-refractivity contribution in [2.24, 2.45) is 52.3 Å². The second-order valence-corrected chi connectivity index (χ2v) is 16.4. The van der Waals surface area contributed by atoms with Gasteiger partial charge in [0.05, 0.1) is 19.3 Å². The van der Waals surface area contributed by atoms with Crippen molar-refractivity contribution in [3.05, 3.63) is 30.3 Å². The van der Waals surface area contributed by atoms with Gasteiger partial charge in [0, 0.05) is 12.1 Å². The van der Waals surface area contributed by atoms with E-state index in [0.717, 1.165) is 57.8 Å². The van der Waals surface area contributed by atoms with Gasteiger partial charge in [0.1, 0.15) is 12.7 Å². The van der Waals surface area contributed by atoms with Gasteiger partial charge in [-0.15, -0.1) is 0 Å². The van der Waals surface area contributed by atoms with Crippen LogP contribution in [0.4, 0.5) is 15.3 Å². The maximum absolute atomic E-state index is 12.9. The molecule has 4 aliphatic rings. The molecule has 2 amide bonds. The molecule has 4 fully saturated rings. The van der Waals surface area contributed by atoms with Crippen molar-refractivity contribution in [3.8, 4) is 0 Å². The zero-order chi connectivity index (χ0) is 34.6. The molecule has 9 heteroatoms. The molecule has 1 aromatic rings. The highest BCUT2D eigenvalue weighted by molar-refractivity contribution is 5.89. The summed E-state index contributed by atoms with van der Waals surface area (Å²) >= 11 is 0. The average molecular weight is 669 g/mol. The Kier molecular flexibility index (Phi) is 11.7. The number of rotatable bonds is 11. The molecule has 5 rings (SSSR count). The molecule has 0 aliphatic heterocycles. The number of urea groups is 1. The molecular weight excluding hydrogens is 608 g/mol. The van der Waals surface area contributed by atoms with Crippen molar-refractivity contribution in [1.82, 2.24) is 5.32 Å². The minimum Gasteiger partial charge on any atom is -0.469 e.